The summed E-state index contributed by atoms with van der Waals surface area (Å²) in [6.45, 7) is -0.0960. The molecule has 7 rings (SSSR count). The lowest BCUT2D eigenvalue weighted by Gasteiger charge is -2.60. The van der Waals surface area contributed by atoms with Crippen molar-refractivity contribution in [2.24, 2.45) is 47.3 Å². The Kier molecular flexibility index (Phi) is 7.26. The molecule has 7 fully saturated rings. The molecule has 1 heterocycles. The van der Waals surface area contributed by atoms with E-state index in [4.69, 9.17) is 23.5 Å². The van der Waals surface area contributed by atoms with Gasteiger partial charge in [-0.2, -0.15) is 17.2 Å². The molecule has 1 aliphatic heterocycles. The van der Waals surface area contributed by atoms with Crippen LogP contribution in [0.1, 0.15) is 51.9 Å². The third-order valence-corrected chi connectivity index (χ3v) is 11.5. The molecule has 1 N–H and O–H groups in total. The zero-order valence-corrected chi connectivity index (χ0v) is 24.0. The van der Waals surface area contributed by atoms with Gasteiger partial charge in [-0.25, -0.2) is 14.4 Å². The monoisotopic (exact) mass is 634 g/mol. The van der Waals surface area contributed by atoms with Gasteiger partial charge in [0.05, 0.1) is 11.8 Å². The zero-order chi connectivity index (χ0) is 31.1. The third-order valence-electron chi connectivity index (χ3n) is 10.7. The normalized spacial score (nSPS) is 40.2. The van der Waals surface area contributed by atoms with E-state index in [1.54, 1.807) is 0 Å². The fourth-order valence-corrected chi connectivity index (χ4v) is 9.50. The van der Waals surface area contributed by atoms with E-state index in [0.717, 1.165) is 25.7 Å². The molecule has 0 aromatic heterocycles. The van der Waals surface area contributed by atoms with Gasteiger partial charge in [0.1, 0.15) is 17.8 Å². The Labute approximate surface area is 245 Å². The maximum Gasteiger partial charge on any atom is 0.465 e. The van der Waals surface area contributed by atoms with Crippen molar-refractivity contribution >= 4 is 40.0 Å². The smallest absolute Gasteiger partial charge is 0.458 e. The van der Waals surface area contributed by atoms with Crippen LogP contribution in [0.4, 0.5) is 8.78 Å². The minimum absolute atomic E-state index is 0.231. The molecule has 6 aliphatic carbocycles. The maximum atomic E-state index is 13.4. The number of rotatable bonds is 10. The quantitative estimate of drug-likeness (QED) is 0.207. The lowest BCUT2D eigenvalue weighted by molar-refractivity contribution is -0.214. The number of carbonyl (C=O) groups is 5. The largest absolute Gasteiger partial charge is 0.465 e. The zero-order valence-electron chi connectivity index (χ0n) is 23.1. The van der Waals surface area contributed by atoms with Crippen molar-refractivity contribution in [1.82, 2.24) is 0 Å². The van der Waals surface area contributed by atoms with Crippen molar-refractivity contribution < 1.29 is 69.4 Å². The lowest BCUT2D eigenvalue weighted by atomic mass is 9.49. The average molecular weight is 635 g/mol. The van der Waals surface area contributed by atoms with Crippen molar-refractivity contribution in [2.45, 2.75) is 74.9 Å². The molecule has 0 aromatic carbocycles. The van der Waals surface area contributed by atoms with Gasteiger partial charge in [0.25, 0.3) is 0 Å². The molecule has 6 atom stereocenters. The van der Waals surface area contributed by atoms with Crippen LogP contribution in [0, 0.1) is 47.3 Å². The molecule has 238 valence electrons. The first-order valence-corrected chi connectivity index (χ1v) is 15.9. The predicted octanol–water partition coefficient (Wildman–Crippen LogP) is 1.42. The summed E-state index contributed by atoms with van der Waals surface area (Å²) in [7, 11) is -6.14. The van der Waals surface area contributed by atoms with E-state index in [2.05, 4.69) is 4.74 Å². The fraction of sp³-hybridized carbons (Fsp3) is 0.815. The van der Waals surface area contributed by atoms with Crippen LogP contribution in [0.3, 0.4) is 0 Å². The van der Waals surface area contributed by atoms with E-state index < -0.39 is 99.9 Å². The Morgan fingerprint density at radius 2 is 1.56 bits per heavy atom. The first-order chi connectivity index (χ1) is 20.2. The number of hydrogen-bond donors (Lipinski definition) is 1. The molecule has 7 aliphatic rings. The first-order valence-electron chi connectivity index (χ1n) is 14.5. The van der Waals surface area contributed by atoms with Gasteiger partial charge in [0.2, 0.25) is 0 Å². The summed E-state index contributed by atoms with van der Waals surface area (Å²) in [6, 6.07) is 0. The Morgan fingerprint density at radius 1 is 0.953 bits per heavy atom. The second-order valence-electron chi connectivity index (χ2n) is 12.7. The summed E-state index contributed by atoms with van der Waals surface area (Å²) in [5.74, 6) is -7.74. The highest BCUT2D eigenvalue weighted by atomic mass is 32.2. The predicted molar refractivity (Wildman–Crippen MR) is 133 cm³/mol. The van der Waals surface area contributed by atoms with Crippen molar-refractivity contribution in [3.8, 4) is 0 Å². The van der Waals surface area contributed by atoms with E-state index in [-0.39, 0.29) is 18.3 Å². The molecule has 6 saturated carbocycles. The molecular formula is C27H32F2O13S. The SMILES string of the molecule is CCC1(OC(=O)COC(=O)C2C3CC4C(OC(=O)C42)C3OC(=O)COC(=O)C(F)(F)S(=O)(=O)O)C2CC3CC(C2)CC1C3. The number of carbonyl (C=O) groups excluding carboxylic acids is 5. The molecule has 1 saturated heterocycles. The van der Waals surface area contributed by atoms with Crippen LogP contribution < -0.4 is 0 Å². The van der Waals surface area contributed by atoms with Crippen molar-refractivity contribution in [3.63, 3.8) is 0 Å². The second kappa shape index (κ2) is 10.3. The second-order valence-corrected chi connectivity index (χ2v) is 14.2. The Hall–Kier alpha value is -2.88. The fourth-order valence-electron chi connectivity index (χ4n) is 9.23. The summed E-state index contributed by atoms with van der Waals surface area (Å²) in [6.07, 6.45) is 4.07. The van der Waals surface area contributed by atoms with Gasteiger partial charge in [0.15, 0.2) is 13.2 Å². The van der Waals surface area contributed by atoms with Crippen molar-refractivity contribution in [1.29, 1.82) is 0 Å². The molecule has 0 amide bonds. The molecule has 6 unspecified atom stereocenters. The molecule has 0 radical (unpaired) electrons. The summed E-state index contributed by atoms with van der Waals surface area (Å²) in [4.78, 5) is 62.4. The molecular weight excluding hydrogens is 602 g/mol. The topological polar surface area (TPSA) is 186 Å². The van der Waals surface area contributed by atoms with Gasteiger partial charge in [-0.3, -0.25) is 14.1 Å². The third kappa shape index (κ3) is 4.79. The van der Waals surface area contributed by atoms with Crippen LogP contribution >= 0.6 is 0 Å². The highest BCUT2D eigenvalue weighted by Crippen LogP contribution is 2.61. The summed E-state index contributed by atoms with van der Waals surface area (Å²) >= 11 is 0. The average Bonchev–Trinajstić information content (AvgIpc) is 3.55. The number of alkyl halides is 2. The maximum absolute atomic E-state index is 13.4. The summed E-state index contributed by atoms with van der Waals surface area (Å²) < 4.78 is 82.5. The van der Waals surface area contributed by atoms with Gasteiger partial charge in [-0.1, -0.05) is 6.92 Å². The number of halogens is 2. The van der Waals surface area contributed by atoms with E-state index in [0.29, 0.717) is 18.3 Å². The van der Waals surface area contributed by atoms with E-state index >= 15 is 0 Å². The molecule has 16 heteroatoms. The number of fused-ring (bicyclic) bond motifs is 1. The van der Waals surface area contributed by atoms with Crippen LogP contribution in [-0.2, 0) is 57.8 Å². The van der Waals surface area contributed by atoms with Gasteiger partial charge in [-0.05, 0) is 68.6 Å². The standard InChI is InChI=1S/C27H32F2O13S/c1-2-26(13-4-11-3-12(6-13)7-14(26)5-11)42-18(31)10-38-23(32)19-15-8-16-20(19)24(33)41-22(16)21(15)40-17(30)9-39-25(34)27(28,29)43(35,36)37/h11-16,19-22H,2-10H2,1H3,(H,35,36,37). The van der Waals surface area contributed by atoms with Gasteiger partial charge < -0.3 is 23.7 Å². The van der Waals surface area contributed by atoms with Crippen molar-refractivity contribution in [3.05, 3.63) is 0 Å². The minimum atomic E-state index is -6.14. The Morgan fingerprint density at radius 3 is 2.14 bits per heavy atom. The Balaban J connectivity index is 1.06. The first kappa shape index (κ1) is 30.2. The number of esters is 5. The van der Waals surface area contributed by atoms with E-state index in [1.165, 1.54) is 6.42 Å². The Bertz CT molecular complexity index is 1320. The lowest BCUT2D eigenvalue weighted by Crippen LogP contribution is -2.59. The number of hydrogen-bond acceptors (Lipinski definition) is 12. The van der Waals surface area contributed by atoms with Crippen LogP contribution in [0.2, 0.25) is 0 Å². The van der Waals surface area contributed by atoms with Crippen LogP contribution in [0.15, 0.2) is 0 Å². The van der Waals surface area contributed by atoms with E-state index in [9.17, 15) is 41.2 Å². The summed E-state index contributed by atoms with van der Waals surface area (Å²) in [5.41, 5.74) is -0.583. The minimum Gasteiger partial charge on any atom is -0.458 e. The molecule has 13 nitrogen and oxygen atoms in total. The molecule has 0 spiro atoms. The number of ether oxygens (including phenoxy) is 5. The van der Waals surface area contributed by atoms with Gasteiger partial charge in [-0.15, -0.1) is 0 Å². The van der Waals surface area contributed by atoms with E-state index in [1.807, 2.05) is 6.92 Å². The molecule has 43 heavy (non-hydrogen) atoms. The van der Waals surface area contributed by atoms with Crippen LogP contribution in [0.25, 0.3) is 0 Å². The highest BCUT2D eigenvalue weighted by molar-refractivity contribution is 7.87. The van der Waals surface area contributed by atoms with Gasteiger partial charge in [0, 0.05) is 11.8 Å². The van der Waals surface area contributed by atoms with Crippen LogP contribution in [-0.4, -0.2) is 79.1 Å². The molecule has 6 bridgehead atoms. The highest BCUT2D eigenvalue weighted by Gasteiger charge is 2.70. The van der Waals surface area contributed by atoms with Crippen LogP contribution in [0.5, 0.6) is 0 Å². The molecule has 0 aromatic rings. The van der Waals surface area contributed by atoms with Crippen molar-refractivity contribution in [2.75, 3.05) is 13.2 Å². The summed E-state index contributed by atoms with van der Waals surface area (Å²) in [5, 5.41) is -5.31. The van der Waals surface area contributed by atoms with Gasteiger partial charge >= 0.3 is 45.2 Å².